The van der Waals surface area contributed by atoms with Crippen LogP contribution in [-0.2, 0) is 4.79 Å². The Labute approximate surface area is 139 Å². The zero-order valence-electron chi connectivity index (χ0n) is 13.4. The van der Waals surface area contributed by atoms with Gasteiger partial charge in [0.2, 0.25) is 5.91 Å². The highest BCUT2D eigenvalue weighted by atomic mass is 35.5. The summed E-state index contributed by atoms with van der Waals surface area (Å²) in [5.41, 5.74) is 0. The molecule has 22 heavy (non-hydrogen) atoms. The number of hydrogen-bond acceptors (Lipinski definition) is 3. The molecule has 2 rings (SSSR count). The minimum absolute atomic E-state index is 0. The maximum atomic E-state index is 12.1. The lowest BCUT2D eigenvalue weighted by Gasteiger charge is -2.32. The van der Waals surface area contributed by atoms with Crippen molar-refractivity contribution in [3.8, 4) is 0 Å². The molecule has 1 heterocycles. The Kier molecular flexibility index (Phi) is 8.56. The number of carbonyl (C=O) groups excluding carboxylic acids is 2. The summed E-state index contributed by atoms with van der Waals surface area (Å²) in [4.78, 5) is 25.7. The SMILES string of the molecule is CNC1CCN(C(=O)CNC(=O)NC2CCCCC2)CC1.Cl. The number of piperidine rings is 1. The number of nitrogens with zero attached hydrogens (tertiary/aromatic N) is 1. The maximum Gasteiger partial charge on any atom is 0.315 e. The molecular formula is C15H29ClN4O2. The molecule has 1 aliphatic carbocycles. The molecule has 3 N–H and O–H groups in total. The first-order valence-electron chi connectivity index (χ1n) is 8.18. The predicted octanol–water partition coefficient (Wildman–Crippen LogP) is 1.25. The van der Waals surface area contributed by atoms with E-state index in [4.69, 9.17) is 0 Å². The summed E-state index contributed by atoms with van der Waals surface area (Å²) in [5.74, 6) is 0.0170. The van der Waals surface area contributed by atoms with Crippen LogP contribution in [0.25, 0.3) is 0 Å². The molecule has 0 unspecified atom stereocenters. The smallest absolute Gasteiger partial charge is 0.315 e. The average molecular weight is 333 g/mol. The first-order valence-corrected chi connectivity index (χ1v) is 8.18. The Morgan fingerprint density at radius 2 is 1.64 bits per heavy atom. The fourth-order valence-corrected chi connectivity index (χ4v) is 3.17. The third-order valence-electron chi connectivity index (χ3n) is 4.60. The van der Waals surface area contributed by atoms with Crippen LogP contribution >= 0.6 is 12.4 Å². The van der Waals surface area contributed by atoms with Crippen molar-refractivity contribution in [2.45, 2.75) is 57.0 Å². The molecule has 1 saturated carbocycles. The van der Waals surface area contributed by atoms with Crippen molar-refractivity contribution >= 4 is 24.3 Å². The lowest BCUT2D eigenvalue weighted by atomic mass is 9.96. The summed E-state index contributed by atoms with van der Waals surface area (Å²) in [7, 11) is 1.96. The molecule has 6 nitrogen and oxygen atoms in total. The highest BCUT2D eigenvalue weighted by molar-refractivity contribution is 5.85. The van der Waals surface area contributed by atoms with Crippen LogP contribution in [-0.4, -0.2) is 55.6 Å². The number of likely N-dealkylation sites (tertiary alicyclic amines) is 1. The van der Waals surface area contributed by atoms with E-state index in [9.17, 15) is 9.59 Å². The molecule has 3 amide bonds. The highest BCUT2D eigenvalue weighted by Gasteiger charge is 2.22. The van der Waals surface area contributed by atoms with Gasteiger partial charge in [0, 0.05) is 25.2 Å². The van der Waals surface area contributed by atoms with Gasteiger partial charge in [0.1, 0.15) is 0 Å². The fourth-order valence-electron chi connectivity index (χ4n) is 3.17. The molecule has 1 aliphatic heterocycles. The first kappa shape index (κ1) is 19.0. The monoisotopic (exact) mass is 332 g/mol. The Balaban J connectivity index is 0.00000242. The molecule has 0 radical (unpaired) electrons. The Morgan fingerprint density at radius 1 is 1.00 bits per heavy atom. The second kappa shape index (κ2) is 9.90. The van der Waals surface area contributed by atoms with Gasteiger partial charge in [0.25, 0.3) is 0 Å². The van der Waals surface area contributed by atoms with E-state index in [0.717, 1.165) is 38.8 Å². The maximum absolute atomic E-state index is 12.1. The van der Waals surface area contributed by atoms with Crippen LogP contribution in [0.5, 0.6) is 0 Å². The average Bonchev–Trinajstić information content (AvgIpc) is 2.53. The van der Waals surface area contributed by atoms with E-state index in [2.05, 4.69) is 16.0 Å². The van der Waals surface area contributed by atoms with Gasteiger partial charge in [0.15, 0.2) is 0 Å². The number of amides is 3. The summed E-state index contributed by atoms with van der Waals surface area (Å²) < 4.78 is 0. The third-order valence-corrected chi connectivity index (χ3v) is 4.60. The van der Waals surface area contributed by atoms with Crippen molar-refractivity contribution in [1.82, 2.24) is 20.9 Å². The highest BCUT2D eigenvalue weighted by Crippen LogP contribution is 2.17. The topological polar surface area (TPSA) is 73.5 Å². The van der Waals surface area contributed by atoms with Crippen LogP contribution in [0, 0.1) is 0 Å². The molecule has 0 aromatic rings. The van der Waals surface area contributed by atoms with Gasteiger partial charge in [-0.25, -0.2) is 4.79 Å². The van der Waals surface area contributed by atoms with Crippen molar-refractivity contribution < 1.29 is 9.59 Å². The van der Waals surface area contributed by atoms with E-state index in [1.807, 2.05) is 11.9 Å². The van der Waals surface area contributed by atoms with Crippen LogP contribution in [0.4, 0.5) is 4.79 Å². The largest absolute Gasteiger partial charge is 0.341 e. The van der Waals surface area contributed by atoms with Gasteiger partial charge in [0.05, 0.1) is 6.54 Å². The number of urea groups is 1. The predicted molar refractivity (Wildman–Crippen MR) is 89.3 cm³/mol. The Morgan fingerprint density at radius 3 is 2.23 bits per heavy atom. The van der Waals surface area contributed by atoms with E-state index >= 15 is 0 Å². The summed E-state index contributed by atoms with van der Waals surface area (Å²) >= 11 is 0. The van der Waals surface area contributed by atoms with Crippen molar-refractivity contribution in [2.24, 2.45) is 0 Å². The molecule has 128 valence electrons. The van der Waals surface area contributed by atoms with E-state index in [1.165, 1.54) is 19.3 Å². The standard InChI is InChI=1S/C15H28N4O2.ClH/c1-16-12-7-9-19(10-8-12)14(20)11-17-15(21)18-13-5-3-2-4-6-13;/h12-13,16H,2-11H2,1H3,(H2,17,18,21);1H. The number of nitrogens with one attached hydrogen (secondary N) is 3. The second-order valence-corrected chi connectivity index (χ2v) is 6.11. The van der Waals surface area contributed by atoms with Crippen LogP contribution in [0.1, 0.15) is 44.9 Å². The zero-order chi connectivity index (χ0) is 15.1. The van der Waals surface area contributed by atoms with Crippen molar-refractivity contribution in [3.63, 3.8) is 0 Å². The van der Waals surface area contributed by atoms with E-state index in [0.29, 0.717) is 6.04 Å². The lowest BCUT2D eigenvalue weighted by Crippen LogP contribution is -2.49. The molecule has 1 saturated heterocycles. The second-order valence-electron chi connectivity index (χ2n) is 6.11. The van der Waals surface area contributed by atoms with Crippen LogP contribution < -0.4 is 16.0 Å². The zero-order valence-corrected chi connectivity index (χ0v) is 14.2. The van der Waals surface area contributed by atoms with E-state index < -0.39 is 0 Å². The number of hydrogen-bond donors (Lipinski definition) is 3. The number of halogens is 1. The molecule has 2 fully saturated rings. The minimum atomic E-state index is -0.208. The summed E-state index contributed by atoms with van der Waals surface area (Å²) in [6.07, 6.45) is 7.71. The van der Waals surface area contributed by atoms with Gasteiger partial charge in [-0.1, -0.05) is 19.3 Å². The summed E-state index contributed by atoms with van der Waals surface area (Å²) in [5, 5.41) is 8.90. The van der Waals surface area contributed by atoms with E-state index in [-0.39, 0.29) is 36.9 Å². The van der Waals surface area contributed by atoms with Gasteiger partial charge in [-0.3, -0.25) is 4.79 Å². The minimum Gasteiger partial charge on any atom is -0.341 e. The molecule has 2 aliphatic rings. The molecule has 0 aromatic carbocycles. The van der Waals surface area contributed by atoms with Crippen LogP contribution in [0.15, 0.2) is 0 Å². The Bertz CT molecular complexity index is 353. The third kappa shape index (κ3) is 6.01. The quantitative estimate of drug-likeness (QED) is 0.725. The van der Waals surface area contributed by atoms with Gasteiger partial charge >= 0.3 is 6.03 Å². The van der Waals surface area contributed by atoms with Gasteiger partial charge < -0.3 is 20.9 Å². The molecule has 0 bridgehead atoms. The molecule has 0 aromatic heterocycles. The molecule has 7 heteroatoms. The Hall–Kier alpha value is -1.01. The summed E-state index contributed by atoms with van der Waals surface area (Å²) in [6, 6.07) is 0.581. The lowest BCUT2D eigenvalue weighted by molar-refractivity contribution is -0.131. The number of rotatable bonds is 4. The summed E-state index contributed by atoms with van der Waals surface area (Å²) in [6.45, 7) is 1.65. The van der Waals surface area contributed by atoms with Crippen LogP contribution in [0.2, 0.25) is 0 Å². The van der Waals surface area contributed by atoms with Crippen molar-refractivity contribution in [2.75, 3.05) is 26.7 Å². The molecule has 0 atom stereocenters. The van der Waals surface area contributed by atoms with Crippen LogP contribution in [0.3, 0.4) is 0 Å². The first-order chi connectivity index (χ1) is 10.2. The fraction of sp³-hybridized carbons (Fsp3) is 0.867. The van der Waals surface area contributed by atoms with Gasteiger partial charge in [-0.05, 0) is 32.7 Å². The van der Waals surface area contributed by atoms with Gasteiger partial charge in [-0.15, -0.1) is 12.4 Å². The normalized spacial score (nSPS) is 20.1. The van der Waals surface area contributed by atoms with Crippen molar-refractivity contribution in [3.05, 3.63) is 0 Å². The molecule has 0 spiro atoms. The number of carbonyl (C=O) groups is 2. The van der Waals surface area contributed by atoms with Crippen molar-refractivity contribution in [1.29, 1.82) is 0 Å². The van der Waals surface area contributed by atoms with Gasteiger partial charge in [-0.2, -0.15) is 0 Å². The molecular weight excluding hydrogens is 304 g/mol. The van der Waals surface area contributed by atoms with E-state index in [1.54, 1.807) is 0 Å².